The molecule has 3 rings (SSSR count). The van der Waals surface area contributed by atoms with E-state index in [1.807, 2.05) is 24.3 Å². The molecule has 6 nitrogen and oxygen atoms in total. The van der Waals surface area contributed by atoms with E-state index in [1.165, 1.54) is 0 Å². The fourth-order valence-electron chi connectivity index (χ4n) is 2.60. The minimum absolute atomic E-state index is 0.176. The number of anilines is 1. The van der Waals surface area contributed by atoms with E-state index in [1.54, 1.807) is 25.3 Å². The van der Waals surface area contributed by atoms with Crippen LogP contribution in [0.5, 0.6) is 5.75 Å². The molecule has 0 atom stereocenters. The quantitative estimate of drug-likeness (QED) is 0.665. The average Bonchev–Trinajstić information content (AvgIpc) is 2.63. The molecule has 134 valence electrons. The molecule has 0 aliphatic rings. The Morgan fingerprint density at radius 3 is 2.65 bits per heavy atom. The van der Waals surface area contributed by atoms with Gasteiger partial charge < -0.3 is 20.2 Å². The summed E-state index contributed by atoms with van der Waals surface area (Å²) in [6.07, 6.45) is 0.611. The number of ether oxygens (including phenoxy) is 1. The third-order valence-electron chi connectivity index (χ3n) is 3.96. The predicted molar refractivity (Wildman–Crippen MR) is 104 cm³/mol. The Morgan fingerprint density at radius 1 is 1.23 bits per heavy atom. The minimum atomic E-state index is -0.549. The van der Waals surface area contributed by atoms with Gasteiger partial charge in [0, 0.05) is 11.0 Å². The molecule has 1 heterocycles. The largest absolute Gasteiger partial charge is 0.497 e. The number of benzene rings is 2. The number of carbonyl (C=O) groups excluding carboxylic acids is 1. The summed E-state index contributed by atoms with van der Waals surface area (Å²) >= 11 is 3.30. The molecular formula is C19H17BrN2O4. The van der Waals surface area contributed by atoms with Crippen molar-refractivity contribution in [3.05, 3.63) is 68.3 Å². The predicted octanol–water partition coefficient (Wildman–Crippen LogP) is 3.12. The van der Waals surface area contributed by atoms with Gasteiger partial charge in [0.15, 0.2) is 0 Å². The van der Waals surface area contributed by atoms with E-state index in [9.17, 15) is 9.59 Å². The van der Waals surface area contributed by atoms with Gasteiger partial charge in [-0.3, -0.25) is 9.59 Å². The molecule has 0 spiro atoms. The number of hydrogen-bond acceptors (Lipinski definition) is 5. The van der Waals surface area contributed by atoms with Gasteiger partial charge in [-0.2, -0.15) is 0 Å². The first-order valence-corrected chi connectivity index (χ1v) is 8.72. The fourth-order valence-corrected chi connectivity index (χ4v) is 2.96. The molecule has 3 aromatic rings. The zero-order valence-corrected chi connectivity index (χ0v) is 15.6. The van der Waals surface area contributed by atoms with Gasteiger partial charge in [-0.25, -0.2) is 0 Å². The molecule has 0 aliphatic carbocycles. The van der Waals surface area contributed by atoms with E-state index in [0.29, 0.717) is 28.4 Å². The molecular weight excluding hydrogens is 400 g/mol. The third-order valence-corrected chi connectivity index (χ3v) is 4.46. The zero-order valence-electron chi connectivity index (χ0n) is 14.0. The Balaban J connectivity index is 1.76. The number of fused-ring (bicyclic) bond motifs is 1. The van der Waals surface area contributed by atoms with Crippen molar-refractivity contribution in [3.8, 4) is 5.75 Å². The summed E-state index contributed by atoms with van der Waals surface area (Å²) in [4.78, 5) is 25.0. The monoisotopic (exact) mass is 416 g/mol. The van der Waals surface area contributed by atoms with E-state index in [0.717, 1.165) is 11.3 Å². The van der Waals surface area contributed by atoms with E-state index in [2.05, 4.69) is 21.2 Å². The highest BCUT2D eigenvalue weighted by Gasteiger charge is 2.19. The Morgan fingerprint density at radius 2 is 1.96 bits per heavy atom. The van der Waals surface area contributed by atoms with Crippen molar-refractivity contribution in [1.29, 1.82) is 0 Å². The Labute approximate surface area is 158 Å². The van der Waals surface area contributed by atoms with Gasteiger partial charge >= 0.3 is 0 Å². The molecule has 3 N–H and O–H groups in total. The Bertz CT molecular complexity index is 1010. The molecule has 0 unspecified atom stereocenters. The van der Waals surface area contributed by atoms with Crippen LogP contribution < -0.4 is 21.2 Å². The zero-order chi connectivity index (χ0) is 18.7. The SMILES string of the molecule is COc1ccc(CCNC(=O)c2c(N)oc3ccc(Br)cc3c2=O)cc1. The summed E-state index contributed by atoms with van der Waals surface area (Å²) in [6, 6.07) is 12.5. The van der Waals surface area contributed by atoms with Crippen LogP contribution in [0.3, 0.4) is 0 Å². The molecule has 0 radical (unpaired) electrons. The lowest BCUT2D eigenvalue weighted by molar-refractivity contribution is 0.0952. The van der Waals surface area contributed by atoms with Crippen molar-refractivity contribution in [1.82, 2.24) is 5.32 Å². The van der Waals surface area contributed by atoms with Crippen LogP contribution in [0.2, 0.25) is 0 Å². The number of methoxy groups -OCH3 is 1. The molecule has 1 amide bonds. The van der Waals surface area contributed by atoms with Crippen LogP contribution in [0.25, 0.3) is 11.0 Å². The van der Waals surface area contributed by atoms with Crippen LogP contribution in [-0.2, 0) is 6.42 Å². The molecule has 0 bridgehead atoms. The van der Waals surface area contributed by atoms with Gasteiger partial charge in [-0.1, -0.05) is 28.1 Å². The number of amides is 1. The maximum Gasteiger partial charge on any atom is 0.260 e. The molecule has 1 aromatic heterocycles. The Kier molecular flexibility index (Phi) is 5.27. The first-order valence-electron chi connectivity index (χ1n) is 7.92. The van der Waals surface area contributed by atoms with Crippen LogP contribution >= 0.6 is 15.9 Å². The van der Waals surface area contributed by atoms with Gasteiger partial charge in [0.25, 0.3) is 5.91 Å². The lowest BCUT2D eigenvalue weighted by atomic mass is 10.1. The van der Waals surface area contributed by atoms with Crippen LogP contribution in [-0.4, -0.2) is 19.6 Å². The number of nitrogens with two attached hydrogens (primary N) is 1. The van der Waals surface area contributed by atoms with Crippen molar-refractivity contribution >= 4 is 38.7 Å². The smallest absolute Gasteiger partial charge is 0.260 e. The first-order chi connectivity index (χ1) is 12.5. The highest BCUT2D eigenvalue weighted by molar-refractivity contribution is 9.10. The maximum atomic E-state index is 12.6. The van der Waals surface area contributed by atoms with E-state index < -0.39 is 11.3 Å². The van der Waals surface area contributed by atoms with Gasteiger partial charge in [-0.05, 0) is 42.3 Å². The maximum absolute atomic E-state index is 12.6. The van der Waals surface area contributed by atoms with Gasteiger partial charge in [-0.15, -0.1) is 0 Å². The van der Waals surface area contributed by atoms with Crippen molar-refractivity contribution in [2.75, 3.05) is 19.4 Å². The summed E-state index contributed by atoms with van der Waals surface area (Å²) in [5.74, 6) is 0.0314. The van der Waals surface area contributed by atoms with Crippen molar-refractivity contribution in [2.45, 2.75) is 6.42 Å². The normalized spacial score (nSPS) is 10.7. The molecule has 7 heteroatoms. The fraction of sp³-hybridized carbons (Fsp3) is 0.158. The molecule has 0 aliphatic heterocycles. The molecule has 26 heavy (non-hydrogen) atoms. The summed E-state index contributed by atoms with van der Waals surface area (Å²) in [5, 5.41) is 3.01. The summed E-state index contributed by atoms with van der Waals surface area (Å²) in [7, 11) is 1.60. The molecule has 0 saturated heterocycles. The lowest BCUT2D eigenvalue weighted by Crippen LogP contribution is -2.31. The van der Waals surface area contributed by atoms with E-state index in [-0.39, 0.29) is 11.4 Å². The van der Waals surface area contributed by atoms with Gasteiger partial charge in [0.2, 0.25) is 11.3 Å². The summed E-state index contributed by atoms with van der Waals surface area (Å²) in [6.45, 7) is 0.362. The topological polar surface area (TPSA) is 94.6 Å². The average molecular weight is 417 g/mol. The number of nitrogen functional groups attached to an aromatic ring is 1. The van der Waals surface area contributed by atoms with Gasteiger partial charge in [0.1, 0.15) is 16.9 Å². The Hall–Kier alpha value is -2.80. The standard InChI is InChI=1S/C19H17BrN2O4/c1-25-13-5-2-11(3-6-13)8-9-22-19(24)16-17(23)14-10-12(20)4-7-15(14)26-18(16)21/h2-7,10H,8-9,21H2,1H3,(H,22,24). The lowest BCUT2D eigenvalue weighted by Gasteiger charge is -2.08. The van der Waals surface area contributed by atoms with Crippen LogP contribution in [0.4, 0.5) is 5.88 Å². The second-order valence-corrected chi connectivity index (χ2v) is 6.58. The van der Waals surface area contributed by atoms with Gasteiger partial charge in [0.05, 0.1) is 12.5 Å². The van der Waals surface area contributed by atoms with E-state index >= 15 is 0 Å². The van der Waals surface area contributed by atoms with Crippen molar-refractivity contribution in [3.63, 3.8) is 0 Å². The van der Waals surface area contributed by atoms with E-state index in [4.69, 9.17) is 14.9 Å². The number of hydrogen-bond donors (Lipinski definition) is 2. The highest BCUT2D eigenvalue weighted by atomic mass is 79.9. The molecule has 0 fully saturated rings. The highest BCUT2D eigenvalue weighted by Crippen LogP contribution is 2.21. The number of carbonyl (C=O) groups is 1. The molecule has 0 saturated carbocycles. The van der Waals surface area contributed by atoms with Crippen LogP contribution in [0.1, 0.15) is 15.9 Å². The number of rotatable bonds is 5. The second-order valence-electron chi connectivity index (χ2n) is 5.66. The third kappa shape index (κ3) is 3.72. The van der Waals surface area contributed by atoms with Crippen LogP contribution in [0.15, 0.2) is 56.1 Å². The number of halogens is 1. The van der Waals surface area contributed by atoms with Crippen molar-refractivity contribution in [2.24, 2.45) is 0 Å². The second kappa shape index (κ2) is 7.61. The minimum Gasteiger partial charge on any atom is -0.497 e. The number of nitrogens with one attached hydrogen (secondary N) is 1. The summed E-state index contributed by atoms with van der Waals surface area (Å²) in [5.41, 5.74) is 6.53. The summed E-state index contributed by atoms with van der Waals surface area (Å²) < 4.78 is 11.2. The van der Waals surface area contributed by atoms with Crippen molar-refractivity contribution < 1.29 is 13.9 Å². The first kappa shape index (κ1) is 18.0. The van der Waals surface area contributed by atoms with Crippen LogP contribution in [0, 0.1) is 0 Å². The molecule has 2 aromatic carbocycles.